The van der Waals surface area contributed by atoms with E-state index >= 15 is 0 Å². The topological polar surface area (TPSA) is 49.3 Å². The van der Waals surface area contributed by atoms with E-state index in [4.69, 9.17) is 5.11 Å². The van der Waals surface area contributed by atoms with Gasteiger partial charge in [-0.3, -0.25) is 0 Å². The molecule has 0 aromatic heterocycles. The fourth-order valence-electron chi connectivity index (χ4n) is 2.47. The molecule has 0 aromatic carbocycles. The molecule has 0 bridgehead atoms. The van der Waals surface area contributed by atoms with E-state index in [-0.39, 0.29) is 0 Å². The molecule has 2 unspecified atom stereocenters. The van der Waals surface area contributed by atoms with Crippen molar-refractivity contribution in [2.75, 3.05) is 13.1 Å². The van der Waals surface area contributed by atoms with Crippen LogP contribution in [0.25, 0.3) is 0 Å². The van der Waals surface area contributed by atoms with E-state index in [1.54, 1.807) is 6.08 Å². The number of rotatable bonds is 6. The van der Waals surface area contributed by atoms with Gasteiger partial charge in [0.15, 0.2) is 0 Å². The molecule has 1 aliphatic carbocycles. The second-order valence-corrected chi connectivity index (χ2v) is 4.87. The summed E-state index contributed by atoms with van der Waals surface area (Å²) >= 11 is 0. The third kappa shape index (κ3) is 5.91. The molecule has 0 aliphatic heterocycles. The number of nitrogens with one attached hydrogen (secondary N) is 1. The molecule has 0 heterocycles. The van der Waals surface area contributed by atoms with E-state index < -0.39 is 5.97 Å². The molecule has 3 heteroatoms. The van der Waals surface area contributed by atoms with Crippen molar-refractivity contribution >= 4 is 5.97 Å². The molecular formula is C13H23NO2. The summed E-state index contributed by atoms with van der Waals surface area (Å²) in [5, 5.41) is 11.6. The zero-order chi connectivity index (χ0) is 11.8. The van der Waals surface area contributed by atoms with E-state index in [9.17, 15) is 4.79 Å². The highest BCUT2D eigenvalue weighted by molar-refractivity contribution is 5.79. The highest BCUT2D eigenvalue weighted by Crippen LogP contribution is 2.30. The molecule has 1 rings (SSSR count). The highest BCUT2D eigenvalue weighted by atomic mass is 16.4. The highest BCUT2D eigenvalue weighted by Gasteiger charge is 2.17. The first-order chi connectivity index (χ1) is 7.68. The third-order valence-electron chi connectivity index (χ3n) is 3.30. The Kier molecular flexibility index (Phi) is 6.16. The quantitative estimate of drug-likeness (QED) is 0.539. The van der Waals surface area contributed by atoms with Gasteiger partial charge >= 0.3 is 5.97 Å². The minimum Gasteiger partial charge on any atom is -0.478 e. The van der Waals surface area contributed by atoms with Gasteiger partial charge in [-0.1, -0.05) is 32.3 Å². The SMILES string of the molecule is CC1CCCC(CCNC/C=C/C(=O)O)C1. The molecule has 0 amide bonds. The Morgan fingerprint density at radius 3 is 3.00 bits per heavy atom. The lowest BCUT2D eigenvalue weighted by atomic mass is 9.81. The molecular weight excluding hydrogens is 202 g/mol. The minimum absolute atomic E-state index is 0.661. The Bertz CT molecular complexity index is 238. The van der Waals surface area contributed by atoms with Crippen LogP contribution in [0.4, 0.5) is 0 Å². The molecule has 0 spiro atoms. The normalized spacial score (nSPS) is 26.1. The molecule has 2 atom stereocenters. The van der Waals surface area contributed by atoms with Crippen molar-refractivity contribution in [3.63, 3.8) is 0 Å². The summed E-state index contributed by atoms with van der Waals surface area (Å²) in [4.78, 5) is 10.2. The second kappa shape index (κ2) is 7.44. The van der Waals surface area contributed by atoms with Gasteiger partial charge in [-0.15, -0.1) is 0 Å². The van der Waals surface area contributed by atoms with Gasteiger partial charge in [-0.2, -0.15) is 0 Å². The molecule has 1 aliphatic rings. The lowest BCUT2D eigenvalue weighted by Gasteiger charge is -2.26. The van der Waals surface area contributed by atoms with Gasteiger partial charge in [0, 0.05) is 12.6 Å². The zero-order valence-electron chi connectivity index (χ0n) is 10.1. The lowest BCUT2D eigenvalue weighted by molar-refractivity contribution is -0.131. The van der Waals surface area contributed by atoms with Crippen LogP contribution in [0.1, 0.15) is 39.0 Å². The van der Waals surface area contributed by atoms with Crippen LogP contribution in [0.15, 0.2) is 12.2 Å². The van der Waals surface area contributed by atoms with Crippen LogP contribution in [-0.2, 0) is 4.79 Å². The van der Waals surface area contributed by atoms with Crippen molar-refractivity contribution in [2.45, 2.75) is 39.0 Å². The smallest absolute Gasteiger partial charge is 0.328 e. The summed E-state index contributed by atoms with van der Waals surface area (Å²) in [7, 11) is 0. The first-order valence-corrected chi connectivity index (χ1v) is 6.28. The first-order valence-electron chi connectivity index (χ1n) is 6.28. The molecule has 0 aromatic rings. The van der Waals surface area contributed by atoms with E-state index in [2.05, 4.69) is 12.2 Å². The predicted molar refractivity (Wildman–Crippen MR) is 65.4 cm³/mol. The van der Waals surface area contributed by atoms with Gasteiger partial charge in [-0.25, -0.2) is 4.79 Å². The van der Waals surface area contributed by atoms with E-state index in [0.29, 0.717) is 6.54 Å². The summed E-state index contributed by atoms with van der Waals surface area (Å²) in [6, 6.07) is 0. The van der Waals surface area contributed by atoms with Crippen LogP contribution in [0, 0.1) is 11.8 Å². The number of hydrogen-bond donors (Lipinski definition) is 2. The first kappa shape index (κ1) is 13.2. The molecule has 1 fully saturated rings. The summed E-state index contributed by atoms with van der Waals surface area (Å²) in [5.74, 6) is 0.897. The molecule has 3 nitrogen and oxygen atoms in total. The maximum Gasteiger partial charge on any atom is 0.328 e. The third-order valence-corrected chi connectivity index (χ3v) is 3.30. The largest absolute Gasteiger partial charge is 0.478 e. The van der Waals surface area contributed by atoms with Crippen LogP contribution in [-0.4, -0.2) is 24.2 Å². The average Bonchev–Trinajstić information content (AvgIpc) is 2.23. The second-order valence-electron chi connectivity index (χ2n) is 4.87. The Balaban J connectivity index is 2.00. The molecule has 1 saturated carbocycles. The Morgan fingerprint density at radius 2 is 2.31 bits per heavy atom. The molecule has 0 saturated heterocycles. The summed E-state index contributed by atoms with van der Waals surface area (Å²) in [5.41, 5.74) is 0. The van der Waals surface area contributed by atoms with Crippen molar-refractivity contribution < 1.29 is 9.90 Å². The van der Waals surface area contributed by atoms with E-state index in [1.807, 2.05) is 0 Å². The van der Waals surface area contributed by atoms with Crippen LogP contribution in [0.3, 0.4) is 0 Å². The van der Waals surface area contributed by atoms with Crippen molar-refractivity contribution in [3.8, 4) is 0 Å². The lowest BCUT2D eigenvalue weighted by Crippen LogP contribution is -2.21. The zero-order valence-corrected chi connectivity index (χ0v) is 10.1. The number of hydrogen-bond acceptors (Lipinski definition) is 2. The molecule has 0 radical (unpaired) electrons. The number of carboxylic acid groups (broad SMARTS) is 1. The van der Waals surface area contributed by atoms with Crippen molar-refractivity contribution in [2.24, 2.45) is 11.8 Å². The Hall–Kier alpha value is -0.830. The van der Waals surface area contributed by atoms with Crippen LogP contribution >= 0.6 is 0 Å². The Labute approximate surface area is 97.9 Å². The van der Waals surface area contributed by atoms with Crippen molar-refractivity contribution in [1.82, 2.24) is 5.32 Å². The maximum absolute atomic E-state index is 10.2. The summed E-state index contributed by atoms with van der Waals surface area (Å²) in [6.45, 7) is 4.01. The molecule has 92 valence electrons. The van der Waals surface area contributed by atoms with E-state index in [1.165, 1.54) is 38.2 Å². The number of carboxylic acids is 1. The average molecular weight is 225 g/mol. The van der Waals surface area contributed by atoms with Gasteiger partial charge < -0.3 is 10.4 Å². The molecule has 2 N–H and O–H groups in total. The predicted octanol–water partition coefficient (Wildman–Crippen LogP) is 2.43. The van der Waals surface area contributed by atoms with Crippen LogP contribution < -0.4 is 5.32 Å². The summed E-state index contributed by atoms with van der Waals surface area (Å²) in [6.07, 6.45) is 9.59. The van der Waals surface area contributed by atoms with Crippen molar-refractivity contribution in [3.05, 3.63) is 12.2 Å². The fourth-order valence-corrected chi connectivity index (χ4v) is 2.47. The molecule has 16 heavy (non-hydrogen) atoms. The van der Waals surface area contributed by atoms with Crippen molar-refractivity contribution in [1.29, 1.82) is 0 Å². The minimum atomic E-state index is -0.872. The number of aliphatic carboxylic acids is 1. The standard InChI is InChI=1S/C13H23NO2/c1-11-4-2-5-12(10-11)7-9-14-8-3-6-13(15)16/h3,6,11-12,14H,2,4-5,7-10H2,1H3,(H,15,16)/b6-3+. The van der Waals surface area contributed by atoms with Crippen LogP contribution in [0.5, 0.6) is 0 Å². The monoisotopic (exact) mass is 225 g/mol. The Morgan fingerprint density at radius 1 is 1.50 bits per heavy atom. The number of carbonyl (C=O) groups is 1. The van der Waals surface area contributed by atoms with Gasteiger partial charge in [0.05, 0.1) is 0 Å². The van der Waals surface area contributed by atoms with Gasteiger partial charge in [0.1, 0.15) is 0 Å². The van der Waals surface area contributed by atoms with Gasteiger partial charge in [0.25, 0.3) is 0 Å². The van der Waals surface area contributed by atoms with Gasteiger partial charge in [-0.05, 0) is 31.2 Å². The fraction of sp³-hybridized carbons (Fsp3) is 0.769. The van der Waals surface area contributed by atoms with Crippen LogP contribution in [0.2, 0.25) is 0 Å². The van der Waals surface area contributed by atoms with Gasteiger partial charge in [0.2, 0.25) is 0 Å². The van der Waals surface area contributed by atoms with E-state index in [0.717, 1.165) is 18.4 Å². The summed E-state index contributed by atoms with van der Waals surface area (Å²) < 4.78 is 0. The maximum atomic E-state index is 10.2.